The van der Waals surface area contributed by atoms with Gasteiger partial charge in [-0.25, -0.2) is 9.97 Å². The highest BCUT2D eigenvalue weighted by atomic mass is 35.5. The molecule has 0 amide bonds. The minimum Gasteiger partial charge on any atom is -0.369 e. The van der Waals surface area contributed by atoms with E-state index in [0.717, 1.165) is 36.7 Å². The molecule has 2 heterocycles. The molecule has 0 radical (unpaired) electrons. The molecule has 4 nitrogen and oxygen atoms in total. The lowest BCUT2D eigenvalue weighted by Gasteiger charge is -2.30. The van der Waals surface area contributed by atoms with E-state index < -0.39 is 0 Å². The Morgan fingerprint density at radius 3 is 2.89 bits per heavy atom. The van der Waals surface area contributed by atoms with Crippen LogP contribution in [-0.2, 0) is 6.42 Å². The van der Waals surface area contributed by atoms with Crippen LogP contribution >= 0.6 is 11.6 Å². The second-order valence-corrected chi connectivity index (χ2v) is 5.77. The van der Waals surface area contributed by atoms with Crippen molar-refractivity contribution in [3.8, 4) is 0 Å². The van der Waals surface area contributed by atoms with E-state index in [4.69, 9.17) is 11.6 Å². The summed E-state index contributed by atoms with van der Waals surface area (Å²) < 4.78 is 0. The molecule has 0 aliphatic carbocycles. The zero-order chi connectivity index (χ0) is 13.8. The van der Waals surface area contributed by atoms with Crippen LogP contribution in [0.2, 0.25) is 5.15 Å². The van der Waals surface area contributed by atoms with E-state index in [9.17, 15) is 0 Å². The average Bonchev–Trinajstić information content (AvgIpc) is 2.40. The Labute approximate surface area is 120 Å². The second kappa shape index (κ2) is 6.53. The number of nitrogens with one attached hydrogen (secondary N) is 1. The molecule has 1 aliphatic rings. The first-order valence-electron chi connectivity index (χ1n) is 7.05. The van der Waals surface area contributed by atoms with E-state index in [-0.39, 0.29) is 0 Å². The van der Waals surface area contributed by atoms with Crippen molar-refractivity contribution >= 4 is 17.4 Å². The SMILES string of the molecule is CCc1nc(Cl)c(C)c(NCC2CCCN(C)C2)n1. The molecule has 0 bridgehead atoms. The van der Waals surface area contributed by atoms with Gasteiger partial charge >= 0.3 is 0 Å². The number of anilines is 1. The number of aromatic nitrogens is 2. The highest BCUT2D eigenvalue weighted by molar-refractivity contribution is 6.30. The smallest absolute Gasteiger partial charge is 0.137 e. The summed E-state index contributed by atoms with van der Waals surface area (Å²) in [6.07, 6.45) is 3.38. The maximum atomic E-state index is 6.14. The van der Waals surface area contributed by atoms with Gasteiger partial charge in [0, 0.05) is 25.1 Å². The minimum atomic E-state index is 0.565. The monoisotopic (exact) mass is 282 g/mol. The van der Waals surface area contributed by atoms with E-state index >= 15 is 0 Å². The number of likely N-dealkylation sites (tertiary alicyclic amines) is 1. The first kappa shape index (κ1) is 14.5. The van der Waals surface area contributed by atoms with E-state index in [1.54, 1.807) is 0 Å². The van der Waals surface area contributed by atoms with Gasteiger partial charge < -0.3 is 10.2 Å². The number of rotatable bonds is 4. The molecular weight excluding hydrogens is 260 g/mol. The molecule has 1 aromatic rings. The maximum absolute atomic E-state index is 6.14. The number of hydrogen-bond donors (Lipinski definition) is 1. The molecule has 2 rings (SSSR count). The molecule has 1 unspecified atom stereocenters. The predicted octanol–water partition coefficient (Wildman–Crippen LogP) is 2.75. The van der Waals surface area contributed by atoms with Crippen LogP contribution in [0.1, 0.15) is 31.2 Å². The van der Waals surface area contributed by atoms with Gasteiger partial charge in [-0.2, -0.15) is 0 Å². The lowest BCUT2D eigenvalue weighted by molar-refractivity contribution is 0.217. The van der Waals surface area contributed by atoms with Crippen molar-refractivity contribution in [3.63, 3.8) is 0 Å². The van der Waals surface area contributed by atoms with Crippen molar-refractivity contribution in [2.75, 3.05) is 32.0 Å². The van der Waals surface area contributed by atoms with Crippen molar-refractivity contribution in [1.82, 2.24) is 14.9 Å². The molecule has 1 atom stereocenters. The van der Waals surface area contributed by atoms with Gasteiger partial charge in [-0.1, -0.05) is 18.5 Å². The summed E-state index contributed by atoms with van der Waals surface area (Å²) in [4.78, 5) is 11.2. The van der Waals surface area contributed by atoms with Gasteiger partial charge in [0.15, 0.2) is 0 Å². The molecule has 1 aliphatic heterocycles. The molecule has 0 spiro atoms. The fourth-order valence-electron chi connectivity index (χ4n) is 2.54. The van der Waals surface area contributed by atoms with Crippen molar-refractivity contribution < 1.29 is 0 Å². The maximum Gasteiger partial charge on any atom is 0.137 e. The van der Waals surface area contributed by atoms with Crippen LogP contribution in [0.5, 0.6) is 0 Å². The Morgan fingerprint density at radius 1 is 1.42 bits per heavy atom. The van der Waals surface area contributed by atoms with E-state index in [0.29, 0.717) is 11.1 Å². The highest BCUT2D eigenvalue weighted by Crippen LogP contribution is 2.21. The number of halogens is 1. The van der Waals surface area contributed by atoms with Gasteiger partial charge in [-0.05, 0) is 39.3 Å². The fourth-order valence-corrected chi connectivity index (χ4v) is 2.73. The molecule has 19 heavy (non-hydrogen) atoms. The van der Waals surface area contributed by atoms with Gasteiger partial charge in [0.05, 0.1) is 0 Å². The number of piperidine rings is 1. The summed E-state index contributed by atoms with van der Waals surface area (Å²) in [5, 5.41) is 4.02. The Bertz CT molecular complexity index is 436. The predicted molar refractivity (Wildman–Crippen MR) is 79.9 cm³/mol. The third-order valence-electron chi connectivity index (χ3n) is 3.73. The number of nitrogens with zero attached hydrogens (tertiary/aromatic N) is 3. The normalized spacial score (nSPS) is 20.5. The van der Waals surface area contributed by atoms with E-state index in [2.05, 4.69) is 27.2 Å². The molecule has 0 aromatic carbocycles. The van der Waals surface area contributed by atoms with Crippen LogP contribution < -0.4 is 5.32 Å². The summed E-state index contributed by atoms with van der Waals surface area (Å²) in [7, 11) is 2.19. The first-order chi connectivity index (χ1) is 9.10. The quantitative estimate of drug-likeness (QED) is 0.862. The summed E-state index contributed by atoms with van der Waals surface area (Å²) >= 11 is 6.14. The summed E-state index contributed by atoms with van der Waals surface area (Å²) in [5.74, 6) is 2.39. The lowest BCUT2D eigenvalue weighted by atomic mass is 9.98. The largest absolute Gasteiger partial charge is 0.369 e. The van der Waals surface area contributed by atoms with Crippen LogP contribution in [-0.4, -0.2) is 41.5 Å². The Morgan fingerprint density at radius 2 is 2.21 bits per heavy atom. The lowest BCUT2D eigenvalue weighted by Crippen LogP contribution is -2.35. The second-order valence-electron chi connectivity index (χ2n) is 5.41. The Balaban J connectivity index is 2.00. The molecule has 1 saturated heterocycles. The standard InChI is InChI=1S/C14H23ClN4/c1-4-12-17-13(15)10(2)14(18-12)16-8-11-6-5-7-19(3)9-11/h11H,4-9H2,1-3H3,(H,16,17,18). The zero-order valence-electron chi connectivity index (χ0n) is 12.0. The van der Waals surface area contributed by atoms with E-state index in [1.165, 1.54) is 19.4 Å². The van der Waals surface area contributed by atoms with Crippen molar-refractivity contribution in [2.45, 2.75) is 33.1 Å². The van der Waals surface area contributed by atoms with Gasteiger partial charge in [0.1, 0.15) is 16.8 Å². The molecule has 0 saturated carbocycles. The molecule has 1 N–H and O–H groups in total. The van der Waals surface area contributed by atoms with Crippen molar-refractivity contribution in [3.05, 3.63) is 16.5 Å². The summed E-state index contributed by atoms with van der Waals surface area (Å²) in [5.41, 5.74) is 0.947. The first-order valence-corrected chi connectivity index (χ1v) is 7.43. The molecule has 1 aromatic heterocycles. The highest BCUT2D eigenvalue weighted by Gasteiger charge is 2.17. The molecule has 5 heteroatoms. The number of hydrogen-bond acceptors (Lipinski definition) is 4. The van der Waals surface area contributed by atoms with E-state index in [1.807, 2.05) is 13.8 Å². The minimum absolute atomic E-state index is 0.565. The topological polar surface area (TPSA) is 41.1 Å². The van der Waals surface area contributed by atoms with Crippen LogP contribution in [0, 0.1) is 12.8 Å². The van der Waals surface area contributed by atoms with Gasteiger partial charge in [0.2, 0.25) is 0 Å². The van der Waals surface area contributed by atoms with Gasteiger partial charge in [-0.15, -0.1) is 0 Å². The van der Waals surface area contributed by atoms with Gasteiger partial charge in [-0.3, -0.25) is 0 Å². The van der Waals surface area contributed by atoms with Crippen LogP contribution in [0.15, 0.2) is 0 Å². The molecule has 1 fully saturated rings. The Hall–Kier alpha value is -0.870. The summed E-state index contributed by atoms with van der Waals surface area (Å²) in [6, 6.07) is 0. The third-order valence-corrected chi connectivity index (χ3v) is 4.10. The van der Waals surface area contributed by atoms with Crippen molar-refractivity contribution in [2.24, 2.45) is 5.92 Å². The van der Waals surface area contributed by atoms with Crippen LogP contribution in [0.25, 0.3) is 0 Å². The van der Waals surface area contributed by atoms with Crippen molar-refractivity contribution in [1.29, 1.82) is 0 Å². The molecule has 106 valence electrons. The third kappa shape index (κ3) is 3.80. The summed E-state index contributed by atoms with van der Waals surface area (Å²) in [6.45, 7) is 7.35. The Kier molecular flexibility index (Phi) is 4.99. The van der Waals surface area contributed by atoms with Crippen LogP contribution in [0.4, 0.5) is 5.82 Å². The average molecular weight is 283 g/mol. The molecular formula is C14H23ClN4. The van der Waals surface area contributed by atoms with Gasteiger partial charge in [0.25, 0.3) is 0 Å². The zero-order valence-corrected chi connectivity index (χ0v) is 12.8. The number of aryl methyl sites for hydroxylation is 1. The van der Waals surface area contributed by atoms with Crippen LogP contribution in [0.3, 0.4) is 0 Å². The fraction of sp³-hybridized carbons (Fsp3) is 0.714.